The number of carbonyl (C=O) groups is 1. The first kappa shape index (κ1) is 20.1. The first-order valence-corrected chi connectivity index (χ1v) is 7.98. The summed E-state index contributed by atoms with van der Waals surface area (Å²) in [4.78, 5) is 11.6. The van der Waals surface area contributed by atoms with E-state index in [0.29, 0.717) is 6.42 Å². The fourth-order valence-corrected chi connectivity index (χ4v) is 1.91. The molecule has 8 heteroatoms. The zero-order valence-electron chi connectivity index (χ0n) is 14.8. The smallest absolute Gasteiger partial charge is 0.407 e. The van der Waals surface area contributed by atoms with Gasteiger partial charge in [-0.1, -0.05) is 33.1 Å². The predicted molar refractivity (Wildman–Crippen MR) is 83.8 cm³/mol. The van der Waals surface area contributed by atoms with Gasteiger partial charge in [0.25, 0.3) is 0 Å². The van der Waals surface area contributed by atoms with Gasteiger partial charge >= 0.3 is 6.09 Å². The maximum Gasteiger partial charge on any atom is 0.407 e. The Balaban J connectivity index is 4.28. The molecule has 6 atom stereocenters. The van der Waals surface area contributed by atoms with Gasteiger partial charge in [0, 0.05) is 6.54 Å². The van der Waals surface area contributed by atoms with Crippen molar-refractivity contribution in [1.29, 1.82) is 0 Å². The van der Waals surface area contributed by atoms with Crippen LogP contribution in [0, 0.1) is 5.92 Å². The van der Waals surface area contributed by atoms with E-state index < -0.39 is 50.2 Å². The van der Waals surface area contributed by atoms with E-state index in [4.69, 9.17) is 11.2 Å². The molecule has 0 aromatic heterocycles. The van der Waals surface area contributed by atoms with E-state index in [1.54, 1.807) is 0 Å². The molecule has 6 N–H and O–H groups in total. The average Bonchev–Trinajstić information content (AvgIpc) is 2.58. The molecule has 0 aromatic rings. The first-order valence-electron chi connectivity index (χ1n) is 8.55. The predicted octanol–water partition coefficient (Wildman–Crippen LogP) is -0.635. The van der Waals surface area contributed by atoms with Crippen molar-refractivity contribution in [3.05, 3.63) is 0 Å². The summed E-state index contributed by atoms with van der Waals surface area (Å²) in [5, 5.41) is 48.8. The molecule has 0 fully saturated rings. The first-order chi connectivity index (χ1) is 11.3. The molecule has 0 rings (SSSR count). The Kier molecular flexibility index (Phi) is 10.9. The van der Waals surface area contributed by atoms with Crippen LogP contribution in [-0.2, 0) is 4.74 Å². The number of nitrogens with one attached hydrogen (secondary N) is 1. The Morgan fingerprint density at radius 2 is 1.78 bits per heavy atom. The van der Waals surface area contributed by atoms with E-state index in [-0.39, 0.29) is 5.92 Å². The molecular formula is C15H31NO7. The summed E-state index contributed by atoms with van der Waals surface area (Å²) in [6.07, 6.45) is -4.19. The Morgan fingerprint density at radius 3 is 2.30 bits per heavy atom. The number of unbranched alkanes of at least 4 members (excludes halogenated alkanes) is 1. The maximum atomic E-state index is 11.6. The largest absolute Gasteiger partial charge is 0.449 e. The van der Waals surface area contributed by atoms with Gasteiger partial charge in [-0.3, -0.25) is 0 Å². The van der Waals surface area contributed by atoms with Crippen molar-refractivity contribution in [3.8, 4) is 0 Å². The number of aliphatic hydroxyl groups excluding tert-OH is 5. The number of amides is 1. The molecular weight excluding hydrogens is 306 g/mol. The standard InChI is InChI=1S/C15H31NO7/c1-3-5-6-10(4-2)9-23-15(22)16-7-11(18)13(20)14(21)12(19)8-17/h10-14,17-21H,3-9H2,1-2H3,(H,16,22)/t10?,11-,12+,13+,14+/m0/s1/i9D/t9?,10?,11-,12+,13+,14+. The Morgan fingerprint density at radius 1 is 1.17 bits per heavy atom. The zero-order chi connectivity index (χ0) is 18.7. The topological polar surface area (TPSA) is 139 Å². The molecule has 0 aliphatic heterocycles. The van der Waals surface area contributed by atoms with Crippen LogP contribution in [-0.4, -0.2) is 75.8 Å². The molecule has 138 valence electrons. The van der Waals surface area contributed by atoms with Crippen LogP contribution in [0.15, 0.2) is 0 Å². The maximum absolute atomic E-state index is 11.6. The molecule has 0 bridgehead atoms. The zero-order valence-corrected chi connectivity index (χ0v) is 13.8. The van der Waals surface area contributed by atoms with E-state index in [9.17, 15) is 25.2 Å². The second-order valence-electron chi connectivity index (χ2n) is 5.53. The van der Waals surface area contributed by atoms with Crippen molar-refractivity contribution < 1.29 is 36.4 Å². The minimum Gasteiger partial charge on any atom is -0.449 e. The summed E-state index contributed by atoms with van der Waals surface area (Å²) in [6.45, 7) is 1.71. The van der Waals surface area contributed by atoms with Gasteiger partial charge in [0.05, 0.1) is 20.7 Å². The van der Waals surface area contributed by atoms with Crippen LogP contribution in [0.25, 0.3) is 0 Å². The summed E-state index contributed by atoms with van der Waals surface area (Å²) in [6, 6.07) is 0. The average molecular weight is 338 g/mol. The molecule has 0 aliphatic rings. The SMILES string of the molecule is [2H]C(OC(=O)NC[C@H](O)[C@@H](O)[C@H](O)[C@H](O)CO)C(CC)CCCC. The number of aliphatic hydroxyl groups is 5. The van der Waals surface area contributed by atoms with Crippen molar-refractivity contribution in [3.63, 3.8) is 0 Å². The fraction of sp³-hybridized carbons (Fsp3) is 0.933. The Bertz CT molecular complexity index is 348. The van der Waals surface area contributed by atoms with E-state index in [2.05, 4.69) is 5.32 Å². The highest BCUT2D eigenvalue weighted by atomic mass is 16.5. The van der Waals surface area contributed by atoms with Crippen LogP contribution >= 0.6 is 0 Å². The molecule has 0 saturated carbocycles. The molecule has 2 unspecified atom stereocenters. The van der Waals surface area contributed by atoms with Crippen molar-refractivity contribution in [2.45, 2.75) is 63.9 Å². The van der Waals surface area contributed by atoms with Crippen molar-refractivity contribution >= 4 is 6.09 Å². The minimum atomic E-state index is -1.76. The fourth-order valence-electron chi connectivity index (χ4n) is 1.91. The molecule has 0 aliphatic carbocycles. The van der Waals surface area contributed by atoms with Crippen LogP contribution in [0.5, 0.6) is 0 Å². The lowest BCUT2D eigenvalue weighted by Crippen LogP contribution is -2.49. The molecule has 0 saturated heterocycles. The third kappa shape index (κ3) is 9.07. The normalized spacial score (nSPS) is 19.9. The lowest BCUT2D eigenvalue weighted by atomic mass is 10.0. The van der Waals surface area contributed by atoms with Gasteiger partial charge in [-0.15, -0.1) is 0 Å². The van der Waals surface area contributed by atoms with Gasteiger partial charge in [-0.25, -0.2) is 4.79 Å². The highest BCUT2D eigenvalue weighted by molar-refractivity contribution is 5.67. The van der Waals surface area contributed by atoms with Crippen molar-refractivity contribution in [2.24, 2.45) is 5.92 Å². The summed E-state index contributed by atoms with van der Waals surface area (Å²) < 4.78 is 12.8. The number of rotatable bonds is 12. The molecule has 0 aromatic carbocycles. The molecule has 23 heavy (non-hydrogen) atoms. The second kappa shape index (κ2) is 12.5. The van der Waals surface area contributed by atoms with Gasteiger partial charge in [-0.05, 0) is 12.3 Å². The Hall–Kier alpha value is -0.930. The third-order valence-corrected chi connectivity index (χ3v) is 3.60. The van der Waals surface area contributed by atoms with Crippen molar-refractivity contribution in [2.75, 3.05) is 19.7 Å². The molecule has 1 amide bonds. The van der Waals surface area contributed by atoms with Crippen molar-refractivity contribution in [1.82, 2.24) is 5.32 Å². The summed E-state index contributed by atoms with van der Waals surface area (Å²) in [5.74, 6) is -0.0762. The third-order valence-electron chi connectivity index (χ3n) is 3.60. The highest BCUT2D eigenvalue weighted by Gasteiger charge is 2.30. The van der Waals surface area contributed by atoms with E-state index in [1.165, 1.54) is 0 Å². The van der Waals surface area contributed by atoms with E-state index >= 15 is 0 Å². The van der Waals surface area contributed by atoms with Gasteiger partial charge in [0.2, 0.25) is 0 Å². The number of carbonyl (C=O) groups excluding carboxylic acids is 1. The molecule has 0 spiro atoms. The Labute approximate surface area is 138 Å². The van der Waals surface area contributed by atoms with E-state index in [0.717, 1.165) is 19.3 Å². The summed E-state index contributed by atoms with van der Waals surface area (Å²) in [5.41, 5.74) is 0. The van der Waals surface area contributed by atoms with Crippen LogP contribution < -0.4 is 5.32 Å². The summed E-state index contributed by atoms with van der Waals surface area (Å²) in [7, 11) is 0. The van der Waals surface area contributed by atoms with Crippen LogP contribution in [0.1, 0.15) is 40.9 Å². The number of hydrogen-bond donors (Lipinski definition) is 6. The number of hydrogen-bond acceptors (Lipinski definition) is 7. The van der Waals surface area contributed by atoms with Crippen LogP contribution in [0.4, 0.5) is 4.79 Å². The molecule has 0 heterocycles. The molecule has 8 nitrogen and oxygen atoms in total. The van der Waals surface area contributed by atoms with Crippen LogP contribution in [0.3, 0.4) is 0 Å². The second-order valence-corrected chi connectivity index (χ2v) is 5.53. The lowest BCUT2D eigenvalue weighted by Gasteiger charge is -2.25. The van der Waals surface area contributed by atoms with Gasteiger partial charge in [-0.2, -0.15) is 0 Å². The van der Waals surface area contributed by atoms with E-state index in [1.807, 2.05) is 13.8 Å². The quantitative estimate of drug-likeness (QED) is 0.278. The number of alkyl carbamates (subject to hydrolysis) is 1. The van der Waals surface area contributed by atoms with Gasteiger partial charge in [0.15, 0.2) is 0 Å². The monoisotopic (exact) mass is 338 g/mol. The highest BCUT2D eigenvalue weighted by Crippen LogP contribution is 2.12. The minimum absolute atomic E-state index is 0.0762. The number of ether oxygens (including phenoxy) is 1. The summed E-state index contributed by atoms with van der Waals surface area (Å²) >= 11 is 0. The van der Waals surface area contributed by atoms with Gasteiger partial charge < -0.3 is 35.6 Å². The lowest BCUT2D eigenvalue weighted by molar-refractivity contribution is -0.113. The molecule has 0 radical (unpaired) electrons. The van der Waals surface area contributed by atoms with Gasteiger partial charge in [0.1, 0.15) is 18.3 Å². The van der Waals surface area contributed by atoms with Crippen LogP contribution in [0.2, 0.25) is 0 Å².